The van der Waals surface area contributed by atoms with Gasteiger partial charge in [0, 0.05) is 16.9 Å². The second-order valence-corrected chi connectivity index (χ2v) is 7.82. The lowest BCUT2D eigenvalue weighted by Crippen LogP contribution is -2.23. The van der Waals surface area contributed by atoms with Crippen molar-refractivity contribution in [2.75, 3.05) is 22.5 Å². The van der Waals surface area contributed by atoms with Crippen molar-refractivity contribution in [3.63, 3.8) is 0 Å². The first-order valence-electron chi connectivity index (χ1n) is 10.8. The molecule has 0 aliphatic carbocycles. The molecule has 3 N–H and O–H groups in total. The van der Waals surface area contributed by atoms with E-state index in [4.69, 9.17) is 0 Å². The first-order chi connectivity index (χ1) is 17.2. The number of alkyl halides is 3. The maximum atomic E-state index is 13.2. The Kier molecular flexibility index (Phi) is 7.00. The van der Waals surface area contributed by atoms with Crippen LogP contribution < -0.4 is 16.0 Å². The summed E-state index contributed by atoms with van der Waals surface area (Å²) in [4.78, 5) is 29.1. The van der Waals surface area contributed by atoms with Gasteiger partial charge < -0.3 is 16.0 Å². The number of benzene rings is 3. The molecule has 0 aliphatic heterocycles. The third kappa shape index (κ3) is 5.87. The molecule has 36 heavy (non-hydrogen) atoms. The van der Waals surface area contributed by atoms with Gasteiger partial charge in [0.05, 0.1) is 23.5 Å². The van der Waals surface area contributed by atoms with Crippen molar-refractivity contribution < 1.29 is 22.8 Å². The van der Waals surface area contributed by atoms with Crippen LogP contribution in [0.5, 0.6) is 0 Å². The van der Waals surface area contributed by atoms with E-state index in [-0.39, 0.29) is 23.8 Å². The minimum Gasteiger partial charge on any atom is -0.376 e. The van der Waals surface area contributed by atoms with Gasteiger partial charge in [-0.2, -0.15) is 18.3 Å². The zero-order chi connectivity index (χ0) is 25.7. The van der Waals surface area contributed by atoms with Crippen molar-refractivity contribution in [2.24, 2.45) is 0 Å². The topological polar surface area (TPSA) is 101 Å². The number of aryl methyl sites for hydroxylation is 1. The normalized spacial score (nSPS) is 11.1. The number of hydrogen-bond donors (Lipinski definition) is 3. The van der Waals surface area contributed by atoms with Crippen molar-refractivity contribution in [3.05, 3.63) is 96.1 Å². The van der Waals surface area contributed by atoms with Gasteiger partial charge in [-0.25, -0.2) is 9.67 Å². The molecule has 4 rings (SSSR count). The number of carbonyl (C=O) groups excluding carboxylic acids is 2. The summed E-state index contributed by atoms with van der Waals surface area (Å²) in [5, 5.41) is 12.2. The van der Waals surface area contributed by atoms with E-state index in [0.717, 1.165) is 17.7 Å². The Morgan fingerprint density at radius 1 is 0.944 bits per heavy atom. The van der Waals surface area contributed by atoms with Gasteiger partial charge in [-0.15, -0.1) is 0 Å². The molecular weight excluding hydrogens is 473 g/mol. The molecule has 11 heteroatoms. The highest BCUT2D eigenvalue weighted by molar-refractivity contribution is 6.05. The molecule has 0 saturated carbocycles. The van der Waals surface area contributed by atoms with Gasteiger partial charge in [0.25, 0.3) is 5.91 Å². The lowest BCUT2D eigenvalue weighted by Gasteiger charge is -2.15. The zero-order valence-corrected chi connectivity index (χ0v) is 19.0. The van der Waals surface area contributed by atoms with E-state index in [1.807, 2.05) is 6.07 Å². The average molecular weight is 494 g/mol. The van der Waals surface area contributed by atoms with E-state index in [1.165, 1.54) is 23.4 Å². The first kappa shape index (κ1) is 24.5. The van der Waals surface area contributed by atoms with Crippen molar-refractivity contribution in [1.29, 1.82) is 0 Å². The fraction of sp³-hybridized carbons (Fsp3) is 0.120. The highest BCUT2D eigenvalue weighted by atomic mass is 19.4. The predicted octanol–water partition coefficient (Wildman–Crippen LogP) is 4.90. The van der Waals surface area contributed by atoms with Crippen LogP contribution in [0.1, 0.15) is 21.5 Å². The lowest BCUT2D eigenvalue weighted by atomic mass is 10.1. The molecule has 184 valence electrons. The van der Waals surface area contributed by atoms with E-state index in [1.54, 1.807) is 49.4 Å². The fourth-order valence-corrected chi connectivity index (χ4v) is 3.39. The summed E-state index contributed by atoms with van der Waals surface area (Å²) >= 11 is 0. The predicted molar refractivity (Wildman–Crippen MR) is 129 cm³/mol. The number of nitrogens with zero attached hydrogens (tertiary/aromatic N) is 3. The number of amides is 2. The van der Waals surface area contributed by atoms with Gasteiger partial charge in [0.2, 0.25) is 5.91 Å². The Bertz CT molecular complexity index is 1370. The monoisotopic (exact) mass is 494 g/mol. The van der Waals surface area contributed by atoms with Crippen LogP contribution in [-0.4, -0.2) is 33.1 Å². The third-order valence-electron chi connectivity index (χ3n) is 5.23. The fourth-order valence-electron chi connectivity index (χ4n) is 3.39. The number of hydrogen-bond acceptors (Lipinski definition) is 5. The molecule has 0 bridgehead atoms. The summed E-state index contributed by atoms with van der Waals surface area (Å²) in [6.07, 6.45) is -2.04. The molecule has 0 atom stereocenters. The van der Waals surface area contributed by atoms with Gasteiger partial charge in [-0.3, -0.25) is 9.59 Å². The Balaban J connectivity index is 1.48. The Hall–Kier alpha value is -4.67. The second kappa shape index (κ2) is 10.3. The summed E-state index contributed by atoms with van der Waals surface area (Å²) in [6.45, 7) is 1.55. The summed E-state index contributed by atoms with van der Waals surface area (Å²) in [7, 11) is 0. The molecule has 0 aliphatic rings. The van der Waals surface area contributed by atoms with Crippen molar-refractivity contribution in [1.82, 2.24) is 14.8 Å². The van der Waals surface area contributed by atoms with Crippen molar-refractivity contribution >= 4 is 28.9 Å². The number of carbonyl (C=O) groups is 2. The van der Waals surface area contributed by atoms with Crippen molar-refractivity contribution in [2.45, 2.75) is 13.1 Å². The maximum Gasteiger partial charge on any atom is 0.416 e. The number of rotatable bonds is 7. The van der Waals surface area contributed by atoms with Gasteiger partial charge in [-0.05, 0) is 55.0 Å². The number of para-hydroxylation sites is 1. The average Bonchev–Trinajstić information content (AvgIpc) is 3.38. The highest BCUT2D eigenvalue weighted by Gasteiger charge is 2.31. The molecule has 2 amide bonds. The molecule has 8 nitrogen and oxygen atoms in total. The van der Waals surface area contributed by atoms with E-state index in [9.17, 15) is 22.8 Å². The number of halogens is 3. The maximum absolute atomic E-state index is 13.2. The zero-order valence-electron chi connectivity index (χ0n) is 19.0. The molecule has 1 heterocycles. The first-order valence-corrected chi connectivity index (χ1v) is 10.8. The van der Waals surface area contributed by atoms with Crippen LogP contribution in [0, 0.1) is 6.92 Å². The van der Waals surface area contributed by atoms with Crippen LogP contribution >= 0.6 is 0 Å². The molecule has 1 aromatic heterocycles. The minimum atomic E-state index is -4.59. The Morgan fingerprint density at radius 2 is 1.72 bits per heavy atom. The summed E-state index contributed by atoms with van der Waals surface area (Å²) < 4.78 is 41.0. The van der Waals surface area contributed by atoms with E-state index in [0.29, 0.717) is 16.9 Å². The summed E-state index contributed by atoms with van der Waals surface area (Å²) in [5.41, 5.74) is 1.56. The summed E-state index contributed by atoms with van der Waals surface area (Å²) in [6, 6.07) is 16.9. The molecule has 0 radical (unpaired) electrons. The molecule has 0 spiro atoms. The summed E-state index contributed by atoms with van der Waals surface area (Å²) in [5.74, 6) is -0.913. The minimum absolute atomic E-state index is 0.0742. The molecule has 4 aromatic rings. The van der Waals surface area contributed by atoms with Gasteiger partial charge >= 0.3 is 6.18 Å². The van der Waals surface area contributed by atoms with Crippen LogP contribution in [0.25, 0.3) is 5.69 Å². The second-order valence-electron chi connectivity index (χ2n) is 7.82. The van der Waals surface area contributed by atoms with Crippen LogP contribution in [0.2, 0.25) is 0 Å². The number of aromatic nitrogens is 3. The van der Waals surface area contributed by atoms with Crippen LogP contribution in [0.4, 0.5) is 30.2 Å². The van der Waals surface area contributed by atoms with Gasteiger partial charge in [-0.1, -0.05) is 24.3 Å². The van der Waals surface area contributed by atoms with Gasteiger partial charge in [0.15, 0.2) is 0 Å². The van der Waals surface area contributed by atoms with Crippen molar-refractivity contribution in [3.8, 4) is 5.69 Å². The Morgan fingerprint density at radius 3 is 2.42 bits per heavy atom. The van der Waals surface area contributed by atoms with Crippen LogP contribution in [0.3, 0.4) is 0 Å². The van der Waals surface area contributed by atoms with E-state index < -0.39 is 17.6 Å². The number of anilines is 3. The highest BCUT2D eigenvalue weighted by Crippen LogP contribution is 2.33. The molecule has 0 saturated heterocycles. The standard InChI is InChI=1S/C25H21F3N6O2/c1-16-7-8-17(24(36)32-19-5-3-2-4-6-19)11-20(16)30-13-23(35)33-21-12-18(25(26,27)28)9-10-22(21)34-15-29-14-31-34/h2-12,14-15,30H,13H2,1H3,(H,32,36)(H,33,35). The van der Waals surface area contributed by atoms with Crippen LogP contribution in [0.15, 0.2) is 79.4 Å². The number of nitrogens with one attached hydrogen (secondary N) is 3. The Labute approximate surface area is 204 Å². The molecule has 3 aromatic carbocycles. The van der Waals surface area contributed by atoms with E-state index in [2.05, 4.69) is 26.0 Å². The largest absolute Gasteiger partial charge is 0.416 e. The molecule has 0 unspecified atom stereocenters. The van der Waals surface area contributed by atoms with Gasteiger partial charge in [0.1, 0.15) is 12.7 Å². The molecule has 0 fully saturated rings. The van der Waals surface area contributed by atoms with E-state index >= 15 is 0 Å². The smallest absolute Gasteiger partial charge is 0.376 e. The molecular formula is C25H21F3N6O2. The lowest BCUT2D eigenvalue weighted by molar-refractivity contribution is -0.137. The van der Waals surface area contributed by atoms with Crippen LogP contribution in [-0.2, 0) is 11.0 Å². The quantitative estimate of drug-likeness (QED) is 0.339. The third-order valence-corrected chi connectivity index (χ3v) is 5.23. The SMILES string of the molecule is Cc1ccc(C(=O)Nc2ccccc2)cc1NCC(=O)Nc1cc(C(F)(F)F)ccc1-n1cncn1.